The second kappa shape index (κ2) is 3.76. The predicted molar refractivity (Wildman–Crippen MR) is 77.2 cm³/mol. The Kier molecular flexibility index (Phi) is 2.19. The van der Waals surface area contributed by atoms with E-state index >= 15 is 0 Å². The number of aromatic nitrogens is 2. The highest BCUT2D eigenvalue weighted by Crippen LogP contribution is 2.39. The first-order chi connectivity index (χ1) is 8.83. The molecule has 1 aliphatic rings. The molecule has 0 aliphatic heterocycles. The van der Waals surface area contributed by atoms with Gasteiger partial charge >= 0.3 is 0 Å². The fourth-order valence-electron chi connectivity index (χ4n) is 2.54. The molecule has 0 saturated carbocycles. The molecule has 0 unspecified atom stereocenters. The molecular formula is C13H11N3S2. The van der Waals surface area contributed by atoms with Crippen molar-refractivity contribution >= 4 is 38.7 Å². The molecule has 3 aromatic rings. The molecule has 3 nitrogen and oxygen atoms in total. The zero-order valence-corrected chi connectivity index (χ0v) is 11.3. The molecule has 0 atom stereocenters. The van der Waals surface area contributed by atoms with Crippen LogP contribution < -0.4 is 5.73 Å². The summed E-state index contributed by atoms with van der Waals surface area (Å²) in [5.41, 5.74) is 8.59. The van der Waals surface area contributed by atoms with Crippen molar-refractivity contribution in [2.75, 3.05) is 5.73 Å². The third kappa shape index (κ3) is 1.41. The molecule has 0 saturated heterocycles. The van der Waals surface area contributed by atoms with E-state index in [0.29, 0.717) is 5.82 Å². The van der Waals surface area contributed by atoms with Gasteiger partial charge in [0.25, 0.3) is 0 Å². The number of nitrogen functional groups attached to an aromatic ring is 1. The maximum atomic E-state index is 6.14. The molecule has 0 amide bonds. The lowest BCUT2D eigenvalue weighted by Crippen LogP contribution is -1.96. The lowest BCUT2D eigenvalue weighted by atomic mass is 10.2. The first-order valence-electron chi connectivity index (χ1n) is 5.93. The molecule has 0 fully saturated rings. The zero-order valence-electron chi connectivity index (χ0n) is 9.64. The van der Waals surface area contributed by atoms with Gasteiger partial charge in [-0.2, -0.15) is 11.3 Å². The molecule has 90 valence electrons. The van der Waals surface area contributed by atoms with Crippen molar-refractivity contribution in [3.63, 3.8) is 0 Å². The van der Waals surface area contributed by atoms with E-state index in [9.17, 15) is 0 Å². The van der Waals surface area contributed by atoms with Crippen LogP contribution in [-0.2, 0) is 12.8 Å². The largest absolute Gasteiger partial charge is 0.383 e. The van der Waals surface area contributed by atoms with E-state index in [1.807, 2.05) is 11.4 Å². The van der Waals surface area contributed by atoms with E-state index in [0.717, 1.165) is 28.0 Å². The fraction of sp³-hybridized carbons (Fsp3) is 0.231. The number of nitrogens with two attached hydrogens (primary N) is 1. The average molecular weight is 273 g/mol. The molecule has 0 bridgehead atoms. The maximum Gasteiger partial charge on any atom is 0.163 e. The number of hydrogen-bond acceptors (Lipinski definition) is 5. The summed E-state index contributed by atoms with van der Waals surface area (Å²) in [7, 11) is 0. The zero-order chi connectivity index (χ0) is 12.1. The molecule has 5 heteroatoms. The van der Waals surface area contributed by atoms with Crippen molar-refractivity contribution < 1.29 is 0 Å². The standard InChI is InChI=1S/C13H11N3S2/c14-11-10-8-2-1-3-9(8)18-13(10)16-12(15-11)7-4-5-17-6-7/h4-6H,1-3H2,(H2,14,15,16). The minimum atomic E-state index is 0.639. The predicted octanol–water partition coefficient (Wildman–Crippen LogP) is 3.49. The number of nitrogens with zero attached hydrogens (tertiary/aromatic N) is 2. The molecule has 1 aliphatic carbocycles. The Hall–Kier alpha value is -1.46. The van der Waals surface area contributed by atoms with Gasteiger partial charge in [-0.1, -0.05) is 0 Å². The number of anilines is 1. The average Bonchev–Trinajstić information content (AvgIpc) is 3.04. The third-order valence-corrected chi connectivity index (χ3v) is 5.24. The lowest BCUT2D eigenvalue weighted by molar-refractivity contribution is 0.917. The monoisotopic (exact) mass is 273 g/mol. The summed E-state index contributed by atoms with van der Waals surface area (Å²) in [5, 5.41) is 5.20. The summed E-state index contributed by atoms with van der Waals surface area (Å²) in [6, 6.07) is 2.03. The van der Waals surface area contributed by atoms with Gasteiger partial charge in [-0.25, -0.2) is 9.97 Å². The lowest BCUT2D eigenvalue weighted by Gasteiger charge is -2.02. The van der Waals surface area contributed by atoms with E-state index in [2.05, 4.69) is 15.3 Å². The van der Waals surface area contributed by atoms with E-state index in [1.54, 1.807) is 22.7 Å². The van der Waals surface area contributed by atoms with Crippen LogP contribution in [0.25, 0.3) is 21.6 Å². The molecule has 2 N–H and O–H groups in total. The quantitative estimate of drug-likeness (QED) is 0.738. The highest BCUT2D eigenvalue weighted by molar-refractivity contribution is 7.19. The topological polar surface area (TPSA) is 51.8 Å². The van der Waals surface area contributed by atoms with Gasteiger partial charge in [0.1, 0.15) is 10.6 Å². The van der Waals surface area contributed by atoms with Crippen LogP contribution in [0.4, 0.5) is 5.82 Å². The third-order valence-electron chi connectivity index (χ3n) is 3.37. The summed E-state index contributed by atoms with van der Waals surface area (Å²) >= 11 is 3.44. The van der Waals surface area contributed by atoms with Gasteiger partial charge in [0, 0.05) is 15.8 Å². The molecular weight excluding hydrogens is 262 g/mol. The van der Waals surface area contributed by atoms with Crippen LogP contribution >= 0.6 is 22.7 Å². The number of hydrogen-bond donors (Lipinski definition) is 1. The Morgan fingerprint density at radius 1 is 1.22 bits per heavy atom. The minimum absolute atomic E-state index is 0.639. The summed E-state index contributed by atoms with van der Waals surface area (Å²) in [6.07, 6.45) is 3.53. The van der Waals surface area contributed by atoms with E-state index in [1.165, 1.54) is 23.3 Å². The summed E-state index contributed by atoms with van der Waals surface area (Å²) in [5.74, 6) is 1.39. The SMILES string of the molecule is Nc1nc(-c2ccsc2)nc2sc3c(c12)CCC3. The Bertz CT molecular complexity index is 728. The normalized spacial score (nSPS) is 14.2. The molecule has 3 aromatic heterocycles. The number of thiophene rings is 2. The molecule has 3 heterocycles. The van der Waals surface area contributed by atoms with Crippen molar-refractivity contribution in [1.82, 2.24) is 9.97 Å². The van der Waals surface area contributed by atoms with Gasteiger partial charge in [-0.15, -0.1) is 11.3 Å². The second-order valence-electron chi connectivity index (χ2n) is 4.48. The first kappa shape index (κ1) is 10.5. The highest BCUT2D eigenvalue weighted by atomic mass is 32.1. The molecule has 0 radical (unpaired) electrons. The van der Waals surface area contributed by atoms with Crippen molar-refractivity contribution in [1.29, 1.82) is 0 Å². The first-order valence-corrected chi connectivity index (χ1v) is 7.69. The summed E-state index contributed by atoms with van der Waals surface area (Å²) in [4.78, 5) is 11.7. The minimum Gasteiger partial charge on any atom is -0.383 e. The Morgan fingerprint density at radius 3 is 3.00 bits per heavy atom. The van der Waals surface area contributed by atoms with E-state index in [4.69, 9.17) is 5.73 Å². The van der Waals surface area contributed by atoms with Gasteiger partial charge < -0.3 is 5.73 Å². The summed E-state index contributed by atoms with van der Waals surface area (Å²) in [6.45, 7) is 0. The fourth-order valence-corrected chi connectivity index (χ4v) is 4.45. The second-order valence-corrected chi connectivity index (χ2v) is 6.35. The van der Waals surface area contributed by atoms with Gasteiger partial charge in [0.05, 0.1) is 5.39 Å². The van der Waals surface area contributed by atoms with Crippen molar-refractivity contribution in [3.8, 4) is 11.4 Å². The van der Waals surface area contributed by atoms with Crippen LogP contribution in [-0.4, -0.2) is 9.97 Å². The van der Waals surface area contributed by atoms with Crippen LogP contribution in [0, 0.1) is 0 Å². The molecule has 18 heavy (non-hydrogen) atoms. The molecule has 4 rings (SSSR count). The summed E-state index contributed by atoms with van der Waals surface area (Å²) < 4.78 is 0. The van der Waals surface area contributed by atoms with Crippen molar-refractivity contribution in [2.24, 2.45) is 0 Å². The Morgan fingerprint density at radius 2 is 2.17 bits per heavy atom. The van der Waals surface area contributed by atoms with E-state index in [-0.39, 0.29) is 0 Å². The Balaban J connectivity index is 2.00. The molecule has 0 spiro atoms. The maximum absolute atomic E-state index is 6.14. The van der Waals surface area contributed by atoms with E-state index < -0.39 is 0 Å². The van der Waals surface area contributed by atoms with Crippen LogP contribution in [0.15, 0.2) is 16.8 Å². The van der Waals surface area contributed by atoms with Crippen molar-refractivity contribution in [2.45, 2.75) is 19.3 Å². The highest BCUT2D eigenvalue weighted by Gasteiger charge is 2.21. The smallest absolute Gasteiger partial charge is 0.163 e. The number of fused-ring (bicyclic) bond motifs is 3. The van der Waals surface area contributed by atoms with Gasteiger partial charge in [0.15, 0.2) is 5.82 Å². The number of aryl methyl sites for hydroxylation is 2. The Labute approximate surface area is 112 Å². The van der Waals surface area contributed by atoms with Crippen LogP contribution in [0.2, 0.25) is 0 Å². The number of rotatable bonds is 1. The van der Waals surface area contributed by atoms with Gasteiger partial charge in [0.2, 0.25) is 0 Å². The van der Waals surface area contributed by atoms with Crippen LogP contribution in [0.3, 0.4) is 0 Å². The van der Waals surface area contributed by atoms with Gasteiger partial charge in [-0.3, -0.25) is 0 Å². The van der Waals surface area contributed by atoms with Gasteiger partial charge in [-0.05, 0) is 36.3 Å². The van der Waals surface area contributed by atoms with Crippen molar-refractivity contribution in [3.05, 3.63) is 27.3 Å². The van der Waals surface area contributed by atoms with Crippen LogP contribution in [0.5, 0.6) is 0 Å². The molecule has 0 aromatic carbocycles. The van der Waals surface area contributed by atoms with Crippen LogP contribution in [0.1, 0.15) is 16.9 Å².